The highest BCUT2D eigenvalue weighted by Gasteiger charge is 2.52. The van der Waals surface area contributed by atoms with Crippen LogP contribution in [0.2, 0.25) is 0 Å². The van der Waals surface area contributed by atoms with Crippen molar-refractivity contribution in [2.45, 2.75) is 184 Å². The van der Waals surface area contributed by atoms with Gasteiger partial charge < -0.3 is 92.7 Å². The van der Waals surface area contributed by atoms with E-state index >= 15 is 0 Å². The summed E-state index contributed by atoms with van der Waals surface area (Å²) in [6.45, 7) is 28.4. The van der Waals surface area contributed by atoms with Gasteiger partial charge in [0.25, 0.3) is 23.4 Å². The van der Waals surface area contributed by atoms with E-state index in [2.05, 4.69) is 44.3 Å². The molecular formula is C100H119BrN6O25. The lowest BCUT2D eigenvalue weighted by atomic mass is 9.78. The van der Waals surface area contributed by atoms with E-state index in [1.165, 1.54) is 119 Å². The summed E-state index contributed by atoms with van der Waals surface area (Å²) in [6, 6.07) is 10.1. The number of amides is 2. The van der Waals surface area contributed by atoms with Crippen LogP contribution in [0.25, 0.3) is 65.9 Å². The van der Waals surface area contributed by atoms with Crippen LogP contribution >= 0.6 is 15.9 Å². The van der Waals surface area contributed by atoms with Gasteiger partial charge in [0.15, 0.2) is 44.7 Å². The van der Waals surface area contributed by atoms with Gasteiger partial charge in [-0.2, -0.15) is 0 Å². The van der Waals surface area contributed by atoms with E-state index < -0.39 is 165 Å². The van der Waals surface area contributed by atoms with Gasteiger partial charge in [-0.1, -0.05) is 126 Å². The number of aliphatic hydroxyl groups is 4. The second kappa shape index (κ2) is 43.4. The summed E-state index contributed by atoms with van der Waals surface area (Å²) in [4.78, 5) is 124. The summed E-state index contributed by atoms with van der Waals surface area (Å²) in [5.41, 5.74) is -0.203. The minimum atomic E-state index is -2.04. The summed E-state index contributed by atoms with van der Waals surface area (Å²) in [5, 5.41) is 74.5. The fourth-order valence-corrected chi connectivity index (χ4v) is 17.0. The number of anilines is 2. The molecule has 706 valence electrons. The standard InChI is InChI=1S/C48H55N3O12.C43H47BrN2O12.C5H9N.C4H8O/c1-23-14-12-15-24(2)47(58)50-38-42(56)35-34(37-45(38)62-33-22-30(16-13-20-51(9)10)17-18-31(33)49-37)36-44(28(6)41(35)55)63-48(8,46(36)57)60-21-19-32(59-11)25(3)43(61-29(7)52)27(5)40(54)26(4)39(23)53;1-18-11-10-12-19(2)42(53)46-33-37(51)30-29(32-40(33)57-28-17-25(44)13-14-26(28)45-32)31-39(23(6)36(30)50)58-43(8,41(31)52)55-16-15-27(54-9)20(3)38(56-24(7)47)22(5)35(49)21(4)34(18)48;1-4-5-6(2)3;1-2-4-5-3-1/h12,14-15,17-19,21-23,25-27,32,39-40,43,53-54,56H,20H2,1-11H3,(H,50,58);10-18,20-22,27,34-35,38,48-49,51H,1-9H3,(H,46,53);1H,5H2,2-3H3;1-4H2/b14-12+,21-19+,24-15-;11-10+,16-15+,19-12-;;/t23-,25+,26+,27+,32-,39-,40+,43+,48-;18-,20+,21+,22+,27-,34-,35+,38+,43-;;/m00../s1. The molecule has 5 aliphatic heterocycles. The number of hydrogen-bond acceptors (Lipinski definition) is 29. The molecular weight excluding hydrogens is 1770 g/mol. The Kier molecular flexibility index (Phi) is 33.6. The van der Waals surface area contributed by atoms with Crippen LogP contribution < -0.4 is 31.0 Å². The molecule has 0 spiro atoms. The first kappa shape index (κ1) is 102. The second-order valence-corrected chi connectivity index (χ2v) is 36.0. The zero-order valence-electron chi connectivity index (χ0n) is 78.4. The molecule has 2 aromatic heterocycles. The molecule has 132 heavy (non-hydrogen) atoms. The van der Waals surface area contributed by atoms with Crippen molar-refractivity contribution in [1.82, 2.24) is 19.8 Å². The number of ketones is 2. The molecule has 18 atom stereocenters. The van der Waals surface area contributed by atoms with Gasteiger partial charge >= 0.3 is 23.5 Å². The third kappa shape index (κ3) is 22.0. The lowest BCUT2D eigenvalue weighted by Gasteiger charge is -2.38. The van der Waals surface area contributed by atoms with Crippen LogP contribution in [0.5, 0.6) is 23.0 Å². The number of aliphatic hydroxyl groups excluding tert-OH is 4. The van der Waals surface area contributed by atoms with Gasteiger partial charge in [0.1, 0.15) is 57.1 Å². The molecule has 31 nitrogen and oxygen atoms in total. The molecule has 0 saturated carbocycles. The zero-order valence-corrected chi connectivity index (χ0v) is 80.0. The largest absolute Gasteiger partial charge is 0.505 e. The Hall–Kier alpha value is -11.7. The van der Waals surface area contributed by atoms with Crippen molar-refractivity contribution in [3.05, 3.63) is 161 Å². The number of fused-ring (bicyclic) bond motifs is 4. The predicted octanol–water partition coefficient (Wildman–Crippen LogP) is 13.6. The predicted molar refractivity (Wildman–Crippen MR) is 504 cm³/mol. The number of esters is 2. The summed E-state index contributed by atoms with van der Waals surface area (Å²) in [6.07, 6.45) is 14.7. The molecule has 0 aliphatic carbocycles. The van der Waals surface area contributed by atoms with Gasteiger partial charge in [0.2, 0.25) is 0 Å². The van der Waals surface area contributed by atoms with Gasteiger partial charge in [-0.15, -0.1) is 6.42 Å². The molecule has 0 radical (unpaired) electrons. The number of carbonyl (C=O) groups is 6. The van der Waals surface area contributed by atoms with E-state index in [0.29, 0.717) is 27.6 Å². The van der Waals surface area contributed by atoms with Gasteiger partial charge in [0.05, 0.1) is 84.1 Å². The lowest BCUT2D eigenvalue weighted by Crippen LogP contribution is -2.46. The number of methoxy groups -OCH3 is 2. The van der Waals surface area contributed by atoms with E-state index in [4.69, 9.17) is 67.9 Å². The van der Waals surface area contributed by atoms with Crippen molar-refractivity contribution < 1.29 is 111 Å². The maximum Gasteiger partial charge on any atom is 0.312 e. The lowest BCUT2D eigenvalue weighted by molar-refractivity contribution is -0.161. The van der Waals surface area contributed by atoms with Crippen LogP contribution in [-0.4, -0.2) is 215 Å². The second-order valence-electron chi connectivity index (χ2n) is 35.1. The van der Waals surface area contributed by atoms with E-state index in [9.17, 15) is 69.0 Å². The SMILES string of the molecule is C#CCN(C)C.C1CCOC1.CO[C@H]1/C=C/O[C@@]2(C)Oc3c(C)c(=O)c4c(O)c(c5oc6cc(Br)ccc6nc5c4c3C2=O)NC(=O)/C(C)=C\C=C\[C@H](C)[C@H](O)[C@@H](C)[C@@H](O)[C@@H](C)[C@H](OC(C)=O)[C@@H]1C.CO[C@H]1/C=C/O[C@@]2(C)Oc3c(C)c(=O)c4c(O)c(c5oc6cc(C#CCN(C)C)ccc6nc5c4c3C2=O)NC(=O)/C(C)=C\C=C\[C@H](C)[C@H](O)[C@@H](C)[C@@H](O)[C@@H](C)[C@H](OC(C)=O)[C@@H]1C. The van der Waals surface area contributed by atoms with Crippen molar-refractivity contribution in [3.8, 4) is 47.2 Å². The van der Waals surface area contributed by atoms with E-state index in [0.717, 1.165) is 19.8 Å². The first-order chi connectivity index (χ1) is 62.3. The molecule has 32 heteroatoms. The number of benzene rings is 6. The molecule has 5 aliphatic rings. The number of allylic oxidation sites excluding steroid dienone is 4. The number of rotatable bonds is 6. The average molecular weight is 1880 g/mol. The minimum Gasteiger partial charge on any atom is -0.505 e. The van der Waals surface area contributed by atoms with Crippen molar-refractivity contribution in [1.29, 1.82) is 0 Å². The Morgan fingerprint density at radius 2 is 0.962 bits per heavy atom. The summed E-state index contributed by atoms with van der Waals surface area (Å²) in [5.74, 6) is -5.76. The van der Waals surface area contributed by atoms with Crippen LogP contribution in [0, 0.1) is 85.4 Å². The molecule has 8 aromatic rings. The minimum absolute atomic E-state index is 0.00169. The molecule has 1 fully saturated rings. The number of nitrogens with one attached hydrogen (secondary N) is 2. The van der Waals surface area contributed by atoms with Crippen LogP contribution in [0.1, 0.15) is 147 Å². The number of terminal acetylenes is 1. The van der Waals surface area contributed by atoms with Crippen molar-refractivity contribution in [2.24, 2.45) is 47.3 Å². The molecule has 6 aromatic carbocycles. The Morgan fingerprint density at radius 1 is 0.561 bits per heavy atom. The normalized spacial score (nSPS) is 28.4. The van der Waals surface area contributed by atoms with Crippen LogP contribution in [0.3, 0.4) is 0 Å². The number of carbonyl (C=O) groups excluding carboxylic acids is 6. The number of aromatic hydroxyl groups is 2. The van der Waals surface area contributed by atoms with Gasteiger partial charge in [0, 0.05) is 146 Å². The number of Topliss-reactive ketones (excluding diaryl/α,β-unsaturated/α-hetero) is 2. The smallest absolute Gasteiger partial charge is 0.312 e. The van der Waals surface area contributed by atoms with Crippen LogP contribution in [0.4, 0.5) is 11.4 Å². The van der Waals surface area contributed by atoms with E-state index in [1.54, 1.807) is 116 Å². The molecule has 13 rings (SSSR count). The molecule has 8 N–H and O–H groups in total. The fourth-order valence-electron chi connectivity index (χ4n) is 16.7. The summed E-state index contributed by atoms with van der Waals surface area (Å²) >= 11 is 3.43. The number of nitrogens with zero attached hydrogens (tertiary/aromatic N) is 4. The quantitative estimate of drug-likeness (QED) is 0.0252. The maximum absolute atomic E-state index is 14.7. The summed E-state index contributed by atoms with van der Waals surface area (Å²) in [7, 11) is 10.6. The van der Waals surface area contributed by atoms with Gasteiger partial charge in [-0.3, -0.25) is 48.2 Å². The Labute approximate surface area is 774 Å². The Bertz CT molecular complexity index is 6190. The fraction of sp³-hybridized carbons (Fsp3) is 0.460. The molecule has 0 unspecified atom stereocenters. The Morgan fingerprint density at radius 3 is 1.33 bits per heavy atom. The van der Waals surface area contributed by atoms with E-state index in [-0.39, 0.29) is 111 Å². The number of phenolic OH excluding ortho intramolecular Hbond substituents is 2. The number of ether oxygens (including phenoxy) is 9. The van der Waals surface area contributed by atoms with Crippen LogP contribution in [0.15, 0.2) is 132 Å². The number of halogens is 1. The summed E-state index contributed by atoms with van der Waals surface area (Å²) < 4.78 is 65.9. The molecule has 1 saturated heterocycles. The highest BCUT2D eigenvalue weighted by atomic mass is 79.9. The first-order valence-corrected chi connectivity index (χ1v) is 44.3. The molecule has 8 bridgehead atoms. The molecule has 2 amide bonds. The third-order valence-corrected chi connectivity index (χ3v) is 25.0. The van der Waals surface area contributed by atoms with E-state index in [1.807, 2.05) is 38.0 Å². The average Bonchev–Trinajstić information content (AvgIpc) is 1.53. The first-order valence-electron chi connectivity index (χ1n) is 43.5. The third-order valence-electron chi connectivity index (χ3n) is 24.5. The van der Waals surface area contributed by atoms with Gasteiger partial charge in [-0.05, 0) is 117 Å². The number of hydrogen-bond donors (Lipinski definition) is 8. The van der Waals surface area contributed by atoms with Crippen LogP contribution in [-0.2, 0) is 52.3 Å². The van der Waals surface area contributed by atoms with Gasteiger partial charge in [-0.25, -0.2) is 9.97 Å². The van der Waals surface area contributed by atoms with Crippen molar-refractivity contribution in [3.63, 3.8) is 0 Å². The maximum atomic E-state index is 14.7. The highest BCUT2D eigenvalue weighted by Crippen LogP contribution is 2.51. The van der Waals surface area contributed by atoms with Crippen molar-refractivity contribution in [2.75, 3.05) is 79.3 Å². The zero-order chi connectivity index (χ0) is 97.3. The monoisotopic (exact) mass is 1880 g/mol. The highest BCUT2D eigenvalue weighted by molar-refractivity contribution is 9.10. The molecule has 7 heterocycles. The van der Waals surface area contributed by atoms with Crippen molar-refractivity contribution >= 4 is 129 Å². The number of aromatic nitrogens is 2. The Balaban J connectivity index is 0.000000246. The topological polar surface area (TPSA) is 424 Å². The number of phenols is 2.